The molecule has 1 spiro atoms. The molecule has 0 atom stereocenters. The molecule has 2 rings (SSSR count). The minimum absolute atomic E-state index is 0.699. The van der Waals surface area contributed by atoms with Crippen LogP contribution in [-0.4, -0.2) is 0 Å². The van der Waals surface area contributed by atoms with Gasteiger partial charge in [-0.1, -0.05) is 75.2 Å². The summed E-state index contributed by atoms with van der Waals surface area (Å²) in [6.45, 7) is 19.3. The fourth-order valence-electron chi connectivity index (χ4n) is 3.55. The number of hydrogen-bond acceptors (Lipinski definition) is 0. The summed E-state index contributed by atoms with van der Waals surface area (Å²) in [7, 11) is 0. The fraction of sp³-hybridized carbons (Fsp3) is 1.00. The first kappa shape index (κ1) is 20.3. The van der Waals surface area contributed by atoms with Crippen LogP contribution < -0.4 is 0 Å². The van der Waals surface area contributed by atoms with Crippen molar-refractivity contribution >= 4 is 0 Å². The Kier molecular flexibility index (Phi) is 11.1. The zero-order chi connectivity index (χ0) is 14.8. The van der Waals surface area contributed by atoms with Gasteiger partial charge >= 0.3 is 0 Å². The van der Waals surface area contributed by atoms with Crippen molar-refractivity contribution in [2.45, 2.75) is 101 Å². The average Bonchev–Trinajstić information content (AvgIpc) is 2.85. The molecule has 112 valence electrons. The van der Waals surface area contributed by atoms with Crippen LogP contribution in [0.2, 0.25) is 0 Å². The van der Waals surface area contributed by atoms with Crippen LogP contribution >= 0.6 is 0 Å². The second-order valence-corrected chi connectivity index (χ2v) is 5.87. The lowest BCUT2D eigenvalue weighted by atomic mass is 9.49. The van der Waals surface area contributed by atoms with Gasteiger partial charge in [0.15, 0.2) is 0 Å². The average molecular weight is 257 g/mol. The molecule has 0 aliphatic heterocycles. The first-order valence-corrected chi connectivity index (χ1v) is 8.56. The second-order valence-electron chi connectivity index (χ2n) is 5.87. The normalized spacial score (nSPS) is 21.7. The third-order valence-electron chi connectivity index (χ3n) is 4.62. The Morgan fingerprint density at radius 2 is 1.06 bits per heavy atom. The van der Waals surface area contributed by atoms with Crippen LogP contribution in [0.25, 0.3) is 0 Å². The fourth-order valence-corrected chi connectivity index (χ4v) is 3.55. The first-order chi connectivity index (χ1) is 8.56. The van der Waals surface area contributed by atoms with E-state index in [0.717, 1.165) is 11.3 Å². The maximum Gasteiger partial charge on any atom is -0.0287 e. The van der Waals surface area contributed by atoms with Gasteiger partial charge in [0, 0.05) is 0 Å². The molecule has 0 nitrogen and oxygen atoms in total. The van der Waals surface area contributed by atoms with E-state index in [4.69, 9.17) is 0 Å². The quantitative estimate of drug-likeness (QED) is 0.470. The van der Waals surface area contributed by atoms with Crippen LogP contribution in [0.5, 0.6) is 0 Å². The third-order valence-corrected chi connectivity index (χ3v) is 4.62. The van der Waals surface area contributed by atoms with E-state index in [1.54, 1.807) is 0 Å². The summed E-state index contributed by atoms with van der Waals surface area (Å²) >= 11 is 0. The molecule has 0 aromatic heterocycles. The minimum atomic E-state index is 0.699. The molecule has 2 aliphatic rings. The summed E-state index contributed by atoms with van der Waals surface area (Å²) in [4.78, 5) is 0. The summed E-state index contributed by atoms with van der Waals surface area (Å²) in [6.07, 6.45) is 9.14. The van der Waals surface area contributed by atoms with Crippen LogP contribution in [0.1, 0.15) is 101 Å². The predicted molar refractivity (Wildman–Crippen MR) is 87.1 cm³/mol. The Bertz CT molecular complexity index is 162. The highest BCUT2D eigenvalue weighted by atomic mass is 14.6. The molecule has 0 heterocycles. The van der Waals surface area contributed by atoms with E-state index in [2.05, 4.69) is 20.8 Å². The second kappa shape index (κ2) is 9.87. The van der Waals surface area contributed by atoms with E-state index in [1.807, 2.05) is 41.5 Å². The highest BCUT2D eigenvalue weighted by molar-refractivity contribution is 5.04. The topological polar surface area (TPSA) is 0 Å². The van der Waals surface area contributed by atoms with Crippen LogP contribution in [0.4, 0.5) is 0 Å². The molecule has 18 heavy (non-hydrogen) atoms. The lowest BCUT2D eigenvalue weighted by Gasteiger charge is -2.56. The molecule has 2 aliphatic carbocycles. The standard InChI is InChI=1S/C12H22.3C2H6/c1-10(2)11(3)8-12(9-11)6-4-5-7-12;3*1-2/h10H,4-9H2,1-3H3;3*1-2H3. The smallest absolute Gasteiger partial charge is 0.0287 e. The minimum Gasteiger partial charge on any atom is -0.0683 e. The summed E-state index contributed by atoms with van der Waals surface area (Å²) in [5.74, 6) is 0.892. The van der Waals surface area contributed by atoms with Crippen LogP contribution in [0, 0.1) is 16.7 Å². The number of rotatable bonds is 1. The summed E-state index contributed by atoms with van der Waals surface area (Å²) in [5.41, 5.74) is 1.53. The highest BCUT2D eigenvalue weighted by Crippen LogP contribution is 2.64. The maximum absolute atomic E-state index is 2.49. The monoisotopic (exact) mass is 256 g/mol. The van der Waals surface area contributed by atoms with E-state index in [9.17, 15) is 0 Å². The molecular weight excluding hydrogens is 216 g/mol. The molecule has 0 N–H and O–H groups in total. The van der Waals surface area contributed by atoms with Gasteiger partial charge in [-0.05, 0) is 42.4 Å². The van der Waals surface area contributed by atoms with Crippen LogP contribution in [0.15, 0.2) is 0 Å². The van der Waals surface area contributed by atoms with Crippen molar-refractivity contribution in [3.05, 3.63) is 0 Å². The first-order valence-electron chi connectivity index (χ1n) is 8.56. The van der Waals surface area contributed by atoms with E-state index in [1.165, 1.54) is 38.5 Å². The van der Waals surface area contributed by atoms with Gasteiger partial charge in [0.1, 0.15) is 0 Å². The highest BCUT2D eigenvalue weighted by Gasteiger charge is 2.53. The van der Waals surface area contributed by atoms with Gasteiger partial charge in [-0.3, -0.25) is 0 Å². The van der Waals surface area contributed by atoms with E-state index in [-0.39, 0.29) is 0 Å². The van der Waals surface area contributed by atoms with E-state index in [0.29, 0.717) is 5.41 Å². The Balaban J connectivity index is 0. The van der Waals surface area contributed by atoms with Gasteiger partial charge in [-0.25, -0.2) is 0 Å². The Hall–Kier alpha value is 0. The van der Waals surface area contributed by atoms with Crippen molar-refractivity contribution < 1.29 is 0 Å². The van der Waals surface area contributed by atoms with Gasteiger partial charge in [0.05, 0.1) is 0 Å². The van der Waals surface area contributed by atoms with Gasteiger partial charge < -0.3 is 0 Å². The molecule has 0 bridgehead atoms. The molecule has 0 radical (unpaired) electrons. The van der Waals surface area contributed by atoms with Gasteiger partial charge in [0.25, 0.3) is 0 Å². The maximum atomic E-state index is 2.49. The zero-order valence-corrected chi connectivity index (χ0v) is 14.8. The van der Waals surface area contributed by atoms with Crippen molar-refractivity contribution in [1.29, 1.82) is 0 Å². The number of hydrogen-bond donors (Lipinski definition) is 0. The van der Waals surface area contributed by atoms with Crippen molar-refractivity contribution in [2.75, 3.05) is 0 Å². The molecule has 2 saturated carbocycles. The van der Waals surface area contributed by atoms with Crippen molar-refractivity contribution in [1.82, 2.24) is 0 Å². The Morgan fingerprint density at radius 3 is 1.33 bits per heavy atom. The van der Waals surface area contributed by atoms with Gasteiger partial charge in [0.2, 0.25) is 0 Å². The van der Waals surface area contributed by atoms with Crippen molar-refractivity contribution in [3.63, 3.8) is 0 Å². The zero-order valence-electron chi connectivity index (χ0n) is 14.8. The van der Waals surface area contributed by atoms with E-state index >= 15 is 0 Å². The van der Waals surface area contributed by atoms with Crippen LogP contribution in [0.3, 0.4) is 0 Å². The Morgan fingerprint density at radius 1 is 0.722 bits per heavy atom. The molecule has 0 heteroatoms. The Labute approximate surface area is 118 Å². The summed E-state index contributed by atoms with van der Waals surface area (Å²) in [6, 6.07) is 0. The SMILES string of the molecule is CC.CC.CC.CC(C)C1(C)CC2(CCCC2)C1. The van der Waals surface area contributed by atoms with Crippen LogP contribution in [-0.2, 0) is 0 Å². The lowest BCUT2D eigenvalue weighted by Crippen LogP contribution is -2.46. The van der Waals surface area contributed by atoms with Gasteiger partial charge in [-0.2, -0.15) is 0 Å². The molecule has 0 amide bonds. The van der Waals surface area contributed by atoms with E-state index < -0.39 is 0 Å². The largest absolute Gasteiger partial charge is 0.0683 e. The molecule has 0 aromatic carbocycles. The van der Waals surface area contributed by atoms with Gasteiger partial charge in [-0.15, -0.1) is 0 Å². The van der Waals surface area contributed by atoms with Crippen molar-refractivity contribution in [3.8, 4) is 0 Å². The summed E-state index contributed by atoms with van der Waals surface area (Å²) in [5, 5.41) is 0. The molecule has 2 fully saturated rings. The molecule has 0 unspecified atom stereocenters. The van der Waals surface area contributed by atoms with Crippen molar-refractivity contribution in [2.24, 2.45) is 16.7 Å². The molecule has 0 saturated heterocycles. The lowest BCUT2D eigenvalue weighted by molar-refractivity contribution is -0.0557. The molecule has 0 aromatic rings. The third kappa shape index (κ3) is 4.94. The predicted octanol–water partition coefficient (Wildman–Crippen LogP) is 7.08. The summed E-state index contributed by atoms with van der Waals surface area (Å²) < 4.78 is 0. The molecular formula is C18H40.